The zero-order chi connectivity index (χ0) is 16.4. The third-order valence-corrected chi connectivity index (χ3v) is 5.03. The fourth-order valence-corrected chi connectivity index (χ4v) is 3.49. The maximum Gasteiger partial charge on any atom is -0.0162 e. The Bertz CT molecular complexity index is 430. The molecule has 0 aliphatic heterocycles. The van der Waals surface area contributed by atoms with E-state index in [2.05, 4.69) is 52.5 Å². The molecule has 2 unspecified atom stereocenters. The highest BCUT2D eigenvalue weighted by molar-refractivity contribution is 5.53. The SMILES string of the molecule is C=Cc1ccc(C(CC)CC(CC)CCCC)cc1CCC. The van der Waals surface area contributed by atoms with E-state index in [1.807, 2.05) is 6.08 Å². The van der Waals surface area contributed by atoms with Gasteiger partial charge in [-0.25, -0.2) is 0 Å². The summed E-state index contributed by atoms with van der Waals surface area (Å²) in [7, 11) is 0. The quantitative estimate of drug-likeness (QED) is 0.400. The largest absolute Gasteiger partial charge is 0.0985 e. The first-order valence-electron chi connectivity index (χ1n) is 9.45. The summed E-state index contributed by atoms with van der Waals surface area (Å²) in [5.74, 6) is 1.61. The molecule has 0 aliphatic rings. The van der Waals surface area contributed by atoms with Gasteiger partial charge in [-0.3, -0.25) is 0 Å². The Kier molecular flexibility index (Phi) is 9.20. The van der Waals surface area contributed by atoms with Gasteiger partial charge in [-0.15, -0.1) is 0 Å². The lowest BCUT2D eigenvalue weighted by Gasteiger charge is -2.23. The summed E-state index contributed by atoms with van der Waals surface area (Å²) in [6.45, 7) is 13.2. The average Bonchev–Trinajstić information content (AvgIpc) is 2.55. The Morgan fingerprint density at radius 2 is 1.82 bits per heavy atom. The minimum Gasteiger partial charge on any atom is -0.0985 e. The first kappa shape index (κ1) is 19.0. The Morgan fingerprint density at radius 3 is 2.36 bits per heavy atom. The van der Waals surface area contributed by atoms with Crippen LogP contribution in [0.2, 0.25) is 0 Å². The topological polar surface area (TPSA) is 0 Å². The van der Waals surface area contributed by atoms with Crippen LogP contribution in [0.25, 0.3) is 6.08 Å². The summed E-state index contributed by atoms with van der Waals surface area (Å²) in [5, 5.41) is 0. The highest BCUT2D eigenvalue weighted by Gasteiger charge is 2.16. The Hall–Kier alpha value is -1.04. The molecule has 0 saturated carbocycles. The van der Waals surface area contributed by atoms with Gasteiger partial charge in [0.05, 0.1) is 0 Å². The molecule has 0 N–H and O–H groups in total. The van der Waals surface area contributed by atoms with Crippen LogP contribution in [0.5, 0.6) is 0 Å². The third-order valence-electron chi connectivity index (χ3n) is 5.03. The van der Waals surface area contributed by atoms with E-state index in [-0.39, 0.29) is 0 Å². The summed E-state index contributed by atoms with van der Waals surface area (Å²) < 4.78 is 0. The Balaban J connectivity index is 2.89. The summed E-state index contributed by atoms with van der Waals surface area (Å²) in [6, 6.07) is 7.08. The highest BCUT2D eigenvalue weighted by Crippen LogP contribution is 2.32. The van der Waals surface area contributed by atoms with Gasteiger partial charge in [-0.2, -0.15) is 0 Å². The van der Waals surface area contributed by atoms with Crippen LogP contribution in [0, 0.1) is 5.92 Å². The second kappa shape index (κ2) is 10.6. The first-order chi connectivity index (χ1) is 10.7. The molecule has 0 bridgehead atoms. The van der Waals surface area contributed by atoms with Gasteiger partial charge < -0.3 is 0 Å². The molecule has 0 saturated heterocycles. The minimum absolute atomic E-state index is 0.719. The van der Waals surface area contributed by atoms with E-state index in [0.29, 0.717) is 0 Å². The molecular weight excluding hydrogens is 264 g/mol. The van der Waals surface area contributed by atoms with Crippen molar-refractivity contribution < 1.29 is 0 Å². The summed E-state index contributed by atoms with van der Waals surface area (Å²) >= 11 is 0. The third kappa shape index (κ3) is 5.63. The molecule has 124 valence electrons. The fraction of sp³-hybridized carbons (Fsp3) is 0.636. The van der Waals surface area contributed by atoms with Gasteiger partial charge >= 0.3 is 0 Å². The van der Waals surface area contributed by atoms with Crippen molar-refractivity contribution >= 4 is 6.08 Å². The van der Waals surface area contributed by atoms with Crippen molar-refractivity contribution in [3.05, 3.63) is 41.5 Å². The Morgan fingerprint density at radius 1 is 1.05 bits per heavy atom. The maximum atomic E-state index is 3.96. The summed E-state index contributed by atoms with van der Waals surface area (Å²) in [6.07, 6.45) is 12.4. The van der Waals surface area contributed by atoms with Crippen LogP contribution in [-0.4, -0.2) is 0 Å². The Labute approximate surface area is 139 Å². The molecule has 0 radical (unpaired) electrons. The van der Waals surface area contributed by atoms with Crippen molar-refractivity contribution in [2.24, 2.45) is 5.92 Å². The lowest BCUT2D eigenvalue weighted by atomic mass is 9.82. The zero-order valence-electron chi connectivity index (χ0n) is 15.3. The van der Waals surface area contributed by atoms with Crippen LogP contribution in [0.1, 0.15) is 95.2 Å². The fourth-order valence-electron chi connectivity index (χ4n) is 3.49. The van der Waals surface area contributed by atoms with E-state index in [1.165, 1.54) is 62.5 Å². The number of unbranched alkanes of at least 4 members (excludes halogenated alkanes) is 1. The number of aryl methyl sites for hydroxylation is 1. The molecule has 0 fully saturated rings. The summed E-state index contributed by atoms with van der Waals surface area (Å²) in [4.78, 5) is 0. The van der Waals surface area contributed by atoms with E-state index >= 15 is 0 Å². The predicted octanol–water partition coefficient (Wildman–Crippen LogP) is 7.38. The van der Waals surface area contributed by atoms with Crippen molar-refractivity contribution in [2.75, 3.05) is 0 Å². The smallest absolute Gasteiger partial charge is 0.0162 e. The predicted molar refractivity (Wildman–Crippen MR) is 101 cm³/mol. The maximum absolute atomic E-state index is 3.96. The van der Waals surface area contributed by atoms with Crippen LogP contribution in [0.3, 0.4) is 0 Å². The van der Waals surface area contributed by atoms with Gasteiger partial charge in [-0.1, -0.05) is 90.7 Å². The van der Waals surface area contributed by atoms with Gasteiger partial charge in [0.1, 0.15) is 0 Å². The van der Waals surface area contributed by atoms with Crippen LogP contribution in [-0.2, 0) is 6.42 Å². The molecule has 1 rings (SSSR count). The first-order valence-corrected chi connectivity index (χ1v) is 9.45. The van der Waals surface area contributed by atoms with Crippen molar-refractivity contribution in [1.29, 1.82) is 0 Å². The second-order valence-corrected chi connectivity index (χ2v) is 6.67. The second-order valence-electron chi connectivity index (χ2n) is 6.67. The lowest BCUT2D eigenvalue weighted by Crippen LogP contribution is -2.08. The molecule has 0 nitrogen and oxygen atoms in total. The molecule has 1 aromatic rings. The van der Waals surface area contributed by atoms with Gasteiger partial charge in [0, 0.05) is 0 Å². The van der Waals surface area contributed by atoms with E-state index in [1.54, 1.807) is 5.56 Å². The summed E-state index contributed by atoms with van der Waals surface area (Å²) in [5.41, 5.74) is 4.35. The molecule has 22 heavy (non-hydrogen) atoms. The molecule has 0 aromatic heterocycles. The van der Waals surface area contributed by atoms with E-state index in [4.69, 9.17) is 0 Å². The van der Waals surface area contributed by atoms with Crippen LogP contribution >= 0.6 is 0 Å². The standard InChI is InChI=1S/C22H36/c1-6-11-13-18(8-3)16-20(10-5)22-15-14-19(9-4)21(17-22)12-7-2/h9,14-15,17-18,20H,4,6-8,10-13,16H2,1-3,5H3. The van der Waals surface area contributed by atoms with Crippen molar-refractivity contribution in [3.63, 3.8) is 0 Å². The van der Waals surface area contributed by atoms with Crippen LogP contribution in [0.4, 0.5) is 0 Å². The molecule has 1 aromatic carbocycles. The highest BCUT2D eigenvalue weighted by atomic mass is 14.2. The van der Waals surface area contributed by atoms with Crippen molar-refractivity contribution in [1.82, 2.24) is 0 Å². The van der Waals surface area contributed by atoms with Crippen molar-refractivity contribution in [2.45, 2.75) is 85.0 Å². The molecule has 0 heteroatoms. The molecule has 0 heterocycles. The average molecular weight is 301 g/mol. The van der Waals surface area contributed by atoms with Gasteiger partial charge in [-0.05, 0) is 47.8 Å². The van der Waals surface area contributed by atoms with E-state index < -0.39 is 0 Å². The molecular formula is C22H36. The van der Waals surface area contributed by atoms with Gasteiger partial charge in [0.15, 0.2) is 0 Å². The molecule has 0 amide bonds. The molecule has 0 spiro atoms. The zero-order valence-corrected chi connectivity index (χ0v) is 15.3. The van der Waals surface area contributed by atoms with Crippen LogP contribution in [0.15, 0.2) is 24.8 Å². The monoisotopic (exact) mass is 300 g/mol. The van der Waals surface area contributed by atoms with Crippen LogP contribution < -0.4 is 0 Å². The number of hydrogen-bond donors (Lipinski definition) is 0. The lowest BCUT2D eigenvalue weighted by molar-refractivity contribution is 0.380. The van der Waals surface area contributed by atoms with Crippen molar-refractivity contribution in [3.8, 4) is 0 Å². The number of benzene rings is 1. The normalized spacial score (nSPS) is 13.8. The van der Waals surface area contributed by atoms with Gasteiger partial charge in [0.25, 0.3) is 0 Å². The number of rotatable bonds is 11. The molecule has 2 atom stereocenters. The van der Waals surface area contributed by atoms with Gasteiger partial charge in [0.2, 0.25) is 0 Å². The molecule has 0 aliphatic carbocycles. The van der Waals surface area contributed by atoms with E-state index in [0.717, 1.165) is 11.8 Å². The van der Waals surface area contributed by atoms with E-state index in [9.17, 15) is 0 Å². The number of hydrogen-bond acceptors (Lipinski definition) is 0. The minimum atomic E-state index is 0.719.